The van der Waals surface area contributed by atoms with Crippen LogP contribution >= 0.6 is 11.6 Å². The van der Waals surface area contributed by atoms with Crippen LogP contribution in [-0.4, -0.2) is 17.5 Å². The molecule has 1 heterocycles. The Hall–Kier alpha value is -2.79. The summed E-state index contributed by atoms with van der Waals surface area (Å²) >= 11 is 6.31. The summed E-state index contributed by atoms with van der Waals surface area (Å²) in [5, 5.41) is 4.32. The van der Waals surface area contributed by atoms with E-state index in [1.165, 1.54) is 6.92 Å². The SMILES string of the molecule is CCCOc1ccc(Oc2ccc3cc(C(C)NC(C)=O)ccc3n2)c(Cl)c1. The molecule has 28 heavy (non-hydrogen) atoms. The van der Waals surface area contributed by atoms with Crippen LogP contribution in [0.2, 0.25) is 5.02 Å². The number of halogens is 1. The summed E-state index contributed by atoms with van der Waals surface area (Å²) in [4.78, 5) is 15.8. The molecule has 2 aromatic carbocycles. The highest BCUT2D eigenvalue weighted by Crippen LogP contribution is 2.32. The summed E-state index contributed by atoms with van der Waals surface area (Å²) in [6, 6.07) is 14.9. The minimum Gasteiger partial charge on any atom is -0.494 e. The molecule has 0 saturated carbocycles. The van der Waals surface area contributed by atoms with Crippen LogP contribution in [0, 0.1) is 0 Å². The maximum Gasteiger partial charge on any atom is 0.219 e. The molecule has 0 radical (unpaired) electrons. The summed E-state index contributed by atoms with van der Waals surface area (Å²) in [6.07, 6.45) is 0.933. The minimum atomic E-state index is -0.0647. The van der Waals surface area contributed by atoms with Crippen molar-refractivity contribution in [3.8, 4) is 17.4 Å². The van der Waals surface area contributed by atoms with E-state index < -0.39 is 0 Å². The Bertz CT molecular complexity index is 991. The molecule has 5 nitrogen and oxygen atoms in total. The van der Waals surface area contributed by atoms with Gasteiger partial charge in [-0.05, 0) is 49.2 Å². The first-order chi connectivity index (χ1) is 13.5. The van der Waals surface area contributed by atoms with E-state index in [4.69, 9.17) is 21.1 Å². The molecule has 0 fully saturated rings. The number of hydrogen-bond donors (Lipinski definition) is 1. The Morgan fingerprint density at radius 2 is 2.00 bits per heavy atom. The van der Waals surface area contributed by atoms with E-state index in [0.717, 1.165) is 22.9 Å². The van der Waals surface area contributed by atoms with Gasteiger partial charge in [-0.15, -0.1) is 0 Å². The number of aromatic nitrogens is 1. The van der Waals surface area contributed by atoms with E-state index in [1.807, 2.05) is 44.2 Å². The average molecular weight is 399 g/mol. The fraction of sp³-hybridized carbons (Fsp3) is 0.273. The Morgan fingerprint density at radius 3 is 2.71 bits per heavy atom. The third kappa shape index (κ3) is 4.93. The first-order valence-corrected chi connectivity index (χ1v) is 9.62. The van der Waals surface area contributed by atoms with Crippen LogP contribution in [0.15, 0.2) is 48.5 Å². The maximum absolute atomic E-state index is 11.3. The van der Waals surface area contributed by atoms with Gasteiger partial charge in [0.15, 0.2) is 0 Å². The molecule has 1 N–H and O–H groups in total. The van der Waals surface area contributed by atoms with Gasteiger partial charge in [0.2, 0.25) is 11.8 Å². The Balaban J connectivity index is 1.78. The first-order valence-electron chi connectivity index (χ1n) is 9.24. The average Bonchev–Trinajstić information content (AvgIpc) is 2.67. The smallest absolute Gasteiger partial charge is 0.219 e. The van der Waals surface area contributed by atoms with Gasteiger partial charge in [0.1, 0.15) is 11.5 Å². The van der Waals surface area contributed by atoms with Crippen molar-refractivity contribution < 1.29 is 14.3 Å². The standard InChI is InChI=1S/C22H23ClN2O3/c1-4-11-27-18-7-9-21(19(23)13-18)28-22-10-6-17-12-16(5-8-20(17)25-22)14(2)24-15(3)26/h5-10,12-14H,4,11H2,1-3H3,(H,24,26). The monoisotopic (exact) mass is 398 g/mol. The molecule has 1 aromatic heterocycles. The molecule has 1 atom stereocenters. The minimum absolute atomic E-state index is 0.0579. The van der Waals surface area contributed by atoms with E-state index in [0.29, 0.717) is 29.0 Å². The lowest BCUT2D eigenvalue weighted by molar-refractivity contribution is -0.119. The third-order valence-corrected chi connectivity index (χ3v) is 4.49. The molecule has 0 spiro atoms. The van der Waals surface area contributed by atoms with Gasteiger partial charge in [-0.3, -0.25) is 4.79 Å². The molecular formula is C22H23ClN2O3. The van der Waals surface area contributed by atoms with Crippen LogP contribution < -0.4 is 14.8 Å². The molecule has 6 heteroatoms. The number of pyridine rings is 1. The molecular weight excluding hydrogens is 376 g/mol. The largest absolute Gasteiger partial charge is 0.494 e. The number of hydrogen-bond acceptors (Lipinski definition) is 4. The predicted octanol–water partition coefficient (Wildman–Crippen LogP) is 5.67. The van der Waals surface area contributed by atoms with Crippen molar-refractivity contribution in [3.05, 3.63) is 59.1 Å². The van der Waals surface area contributed by atoms with Crippen molar-refractivity contribution in [1.82, 2.24) is 10.3 Å². The van der Waals surface area contributed by atoms with Gasteiger partial charge in [-0.2, -0.15) is 0 Å². The number of nitrogens with zero attached hydrogens (tertiary/aromatic N) is 1. The van der Waals surface area contributed by atoms with Gasteiger partial charge in [0.05, 0.1) is 23.2 Å². The van der Waals surface area contributed by atoms with Crippen molar-refractivity contribution in [2.24, 2.45) is 0 Å². The van der Waals surface area contributed by atoms with Gasteiger partial charge in [-0.1, -0.05) is 24.6 Å². The number of benzene rings is 2. The summed E-state index contributed by atoms with van der Waals surface area (Å²) in [7, 11) is 0. The topological polar surface area (TPSA) is 60.5 Å². The maximum atomic E-state index is 11.3. The Morgan fingerprint density at radius 1 is 1.18 bits per heavy atom. The van der Waals surface area contributed by atoms with Crippen molar-refractivity contribution in [3.63, 3.8) is 0 Å². The highest BCUT2D eigenvalue weighted by atomic mass is 35.5. The van der Waals surface area contributed by atoms with Crippen molar-refractivity contribution in [2.45, 2.75) is 33.2 Å². The number of nitrogens with one attached hydrogen (secondary N) is 1. The molecule has 0 aliphatic rings. The van der Waals surface area contributed by atoms with E-state index in [9.17, 15) is 4.79 Å². The highest BCUT2D eigenvalue weighted by molar-refractivity contribution is 6.32. The Kier molecular flexibility index (Phi) is 6.37. The van der Waals surface area contributed by atoms with Crippen molar-refractivity contribution >= 4 is 28.4 Å². The summed E-state index contributed by atoms with van der Waals surface area (Å²) in [6.45, 7) is 6.15. The van der Waals surface area contributed by atoms with E-state index in [2.05, 4.69) is 10.3 Å². The first kappa shape index (κ1) is 20.0. The zero-order chi connectivity index (χ0) is 20.1. The molecule has 1 amide bonds. The van der Waals surface area contributed by atoms with Gasteiger partial charge in [-0.25, -0.2) is 4.98 Å². The lowest BCUT2D eigenvalue weighted by Crippen LogP contribution is -2.23. The molecule has 146 valence electrons. The van der Waals surface area contributed by atoms with E-state index in [1.54, 1.807) is 18.2 Å². The zero-order valence-electron chi connectivity index (χ0n) is 16.2. The summed E-state index contributed by atoms with van der Waals surface area (Å²) in [5.41, 5.74) is 1.82. The van der Waals surface area contributed by atoms with E-state index in [-0.39, 0.29) is 11.9 Å². The Labute approximate surface area is 169 Å². The molecule has 0 aliphatic heterocycles. The normalized spacial score (nSPS) is 11.9. The molecule has 3 rings (SSSR count). The van der Waals surface area contributed by atoms with Crippen LogP contribution in [0.4, 0.5) is 0 Å². The summed E-state index contributed by atoms with van der Waals surface area (Å²) in [5.74, 6) is 1.64. The van der Waals surface area contributed by atoms with Crippen molar-refractivity contribution in [2.75, 3.05) is 6.61 Å². The van der Waals surface area contributed by atoms with Crippen LogP contribution in [-0.2, 0) is 4.79 Å². The quantitative estimate of drug-likeness (QED) is 0.557. The van der Waals surface area contributed by atoms with Gasteiger partial charge < -0.3 is 14.8 Å². The second-order valence-electron chi connectivity index (χ2n) is 6.57. The third-order valence-electron chi connectivity index (χ3n) is 4.20. The number of ether oxygens (including phenoxy) is 2. The van der Waals surface area contributed by atoms with Crippen LogP contribution in [0.25, 0.3) is 10.9 Å². The second-order valence-corrected chi connectivity index (χ2v) is 6.97. The summed E-state index contributed by atoms with van der Waals surface area (Å²) < 4.78 is 11.4. The molecule has 0 aliphatic carbocycles. The zero-order valence-corrected chi connectivity index (χ0v) is 16.9. The number of amides is 1. The van der Waals surface area contributed by atoms with Crippen LogP contribution in [0.1, 0.15) is 38.8 Å². The number of carbonyl (C=O) groups is 1. The molecule has 0 saturated heterocycles. The number of carbonyl (C=O) groups excluding carboxylic acids is 1. The predicted molar refractivity (Wildman–Crippen MR) is 111 cm³/mol. The molecule has 1 unspecified atom stereocenters. The van der Waals surface area contributed by atoms with Crippen molar-refractivity contribution in [1.29, 1.82) is 0 Å². The molecule has 0 bridgehead atoms. The fourth-order valence-corrected chi connectivity index (χ4v) is 3.04. The fourth-order valence-electron chi connectivity index (χ4n) is 2.83. The molecule has 3 aromatic rings. The van der Waals surface area contributed by atoms with Crippen LogP contribution in [0.3, 0.4) is 0 Å². The van der Waals surface area contributed by atoms with Gasteiger partial charge in [0.25, 0.3) is 0 Å². The van der Waals surface area contributed by atoms with Gasteiger partial charge in [0, 0.05) is 24.4 Å². The number of fused-ring (bicyclic) bond motifs is 1. The van der Waals surface area contributed by atoms with E-state index >= 15 is 0 Å². The number of rotatable bonds is 7. The van der Waals surface area contributed by atoms with Gasteiger partial charge >= 0.3 is 0 Å². The van der Waals surface area contributed by atoms with Crippen LogP contribution in [0.5, 0.6) is 17.4 Å². The highest BCUT2D eigenvalue weighted by Gasteiger charge is 2.10. The lowest BCUT2D eigenvalue weighted by atomic mass is 10.1. The second kappa shape index (κ2) is 8.93. The lowest BCUT2D eigenvalue weighted by Gasteiger charge is -2.14.